The lowest BCUT2D eigenvalue weighted by molar-refractivity contribution is -0.134. The van der Waals surface area contributed by atoms with Gasteiger partial charge in [0.05, 0.1) is 20.3 Å². The van der Waals surface area contributed by atoms with Crippen molar-refractivity contribution >= 4 is 35.8 Å². The molecule has 1 aromatic rings. The fourth-order valence-corrected chi connectivity index (χ4v) is 4.28. The molecule has 1 saturated heterocycles. The SMILES string of the molecule is CCNC(=NCc1ccc(OC)c(OCC)c1)NC1CCN(C(=O)C2CCCC2)C1.I. The molecule has 2 aliphatic rings. The number of guanidine groups is 1. The van der Waals surface area contributed by atoms with Crippen molar-refractivity contribution in [1.29, 1.82) is 0 Å². The first kappa shape index (κ1) is 25.5. The standard InChI is InChI=1S/C23H36N4O3.HI/c1-4-24-23(25-15-17-10-11-20(29-3)21(14-17)30-5-2)26-19-12-13-27(16-19)22(28)18-8-6-7-9-18;/h10-11,14,18-19H,4-9,12-13,15-16H2,1-3H3,(H2,24,25,26);1H. The summed E-state index contributed by atoms with van der Waals surface area (Å²) in [7, 11) is 1.64. The van der Waals surface area contributed by atoms with Crippen LogP contribution in [0.4, 0.5) is 0 Å². The average Bonchev–Trinajstić information content (AvgIpc) is 3.44. The molecule has 7 nitrogen and oxygen atoms in total. The van der Waals surface area contributed by atoms with E-state index in [-0.39, 0.29) is 35.9 Å². The van der Waals surface area contributed by atoms with E-state index in [0.29, 0.717) is 19.1 Å². The second-order valence-electron chi connectivity index (χ2n) is 8.01. The van der Waals surface area contributed by atoms with Crippen molar-refractivity contribution in [2.45, 2.75) is 58.5 Å². The highest BCUT2D eigenvalue weighted by atomic mass is 127. The summed E-state index contributed by atoms with van der Waals surface area (Å²) in [5.41, 5.74) is 1.06. The van der Waals surface area contributed by atoms with Gasteiger partial charge in [0.15, 0.2) is 17.5 Å². The molecule has 8 heteroatoms. The summed E-state index contributed by atoms with van der Waals surface area (Å²) in [5, 5.41) is 6.83. The van der Waals surface area contributed by atoms with Gasteiger partial charge in [0.2, 0.25) is 5.91 Å². The highest BCUT2D eigenvalue weighted by molar-refractivity contribution is 14.0. The molecule has 1 heterocycles. The Kier molecular flexibility index (Phi) is 10.7. The fourth-order valence-electron chi connectivity index (χ4n) is 4.28. The summed E-state index contributed by atoms with van der Waals surface area (Å²) in [6.07, 6.45) is 5.46. The zero-order chi connectivity index (χ0) is 21.3. The fraction of sp³-hybridized carbons (Fsp3) is 0.652. The number of amides is 1. The van der Waals surface area contributed by atoms with Gasteiger partial charge in [0.1, 0.15) is 0 Å². The first-order valence-electron chi connectivity index (χ1n) is 11.3. The summed E-state index contributed by atoms with van der Waals surface area (Å²) in [4.78, 5) is 19.5. The quantitative estimate of drug-likeness (QED) is 0.298. The van der Waals surface area contributed by atoms with E-state index in [1.165, 1.54) is 12.8 Å². The summed E-state index contributed by atoms with van der Waals surface area (Å²) in [5.74, 6) is 2.85. The highest BCUT2D eigenvalue weighted by Gasteiger charge is 2.32. The van der Waals surface area contributed by atoms with E-state index in [9.17, 15) is 4.79 Å². The molecule has 2 fully saturated rings. The smallest absolute Gasteiger partial charge is 0.225 e. The van der Waals surface area contributed by atoms with Gasteiger partial charge in [-0.15, -0.1) is 24.0 Å². The maximum Gasteiger partial charge on any atom is 0.225 e. The maximum atomic E-state index is 12.7. The van der Waals surface area contributed by atoms with Gasteiger partial charge >= 0.3 is 0 Å². The summed E-state index contributed by atoms with van der Waals surface area (Å²) in [6, 6.07) is 6.14. The molecule has 1 aliphatic carbocycles. The molecule has 0 radical (unpaired) electrons. The summed E-state index contributed by atoms with van der Waals surface area (Å²) >= 11 is 0. The Morgan fingerprint density at radius 1 is 1.19 bits per heavy atom. The van der Waals surface area contributed by atoms with Crippen LogP contribution in [0.3, 0.4) is 0 Å². The van der Waals surface area contributed by atoms with Crippen LogP contribution in [0.25, 0.3) is 0 Å². The Balaban J connectivity index is 0.00000341. The van der Waals surface area contributed by atoms with Crippen molar-refractivity contribution in [1.82, 2.24) is 15.5 Å². The summed E-state index contributed by atoms with van der Waals surface area (Å²) in [6.45, 7) is 7.53. The normalized spacial score (nSPS) is 19.1. The number of carbonyl (C=O) groups excluding carboxylic acids is 1. The lowest BCUT2D eigenvalue weighted by Crippen LogP contribution is -2.45. The number of aliphatic imine (C=N–C) groups is 1. The predicted octanol–water partition coefficient (Wildman–Crippen LogP) is 3.56. The number of nitrogens with zero attached hydrogens (tertiary/aromatic N) is 2. The highest BCUT2D eigenvalue weighted by Crippen LogP contribution is 2.29. The van der Waals surface area contributed by atoms with Gasteiger partial charge in [0.25, 0.3) is 0 Å². The molecule has 3 rings (SSSR count). The topological polar surface area (TPSA) is 75.2 Å². The van der Waals surface area contributed by atoms with E-state index >= 15 is 0 Å². The van der Waals surface area contributed by atoms with E-state index in [4.69, 9.17) is 14.5 Å². The van der Waals surface area contributed by atoms with Crippen LogP contribution in [0.15, 0.2) is 23.2 Å². The van der Waals surface area contributed by atoms with Crippen LogP contribution in [0, 0.1) is 5.92 Å². The molecular weight excluding hydrogens is 507 g/mol. The van der Waals surface area contributed by atoms with Crippen molar-refractivity contribution < 1.29 is 14.3 Å². The number of likely N-dealkylation sites (tertiary alicyclic amines) is 1. The summed E-state index contributed by atoms with van der Waals surface area (Å²) < 4.78 is 11.0. The predicted molar refractivity (Wildman–Crippen MR) is 134 cm³/mol. The lowest BCUT2D eigenvalue weighted by Gasteiger charge is -2.21. The minimum atomic E-state index is 0. The minimum Gasteiger partial charge on any atom is -0.493 e. The van der Waals surface area contributed by atoms with Gasteiger partial charge in [-0.3, -0.25) is 4.79 Å². The van der Waals surface area contributed by atoms with Crippen molar-refractivity contribution in [3.63, 3.8) is 0 Å². The van der Waals surface area contributed by atoms with Crippen LogP contribution < -0.4 is 20.1 Å². The molecule has 174 valence electrons. The van der Waals surface area contributed by atoms with Crippen LogP contribution in [-0.4, -0.2) is 56.2 Å². The third-order valence-electron chi connectivity index (χ3n) is 5.84. The number of carbonyl (C=O) groups is 1. The van der Waals surface area contributed by atoms with Gasteiger partial charge < -0.3 is 25.0 Å². The van der Waals surface area contributed by atoms with E-state index < -0.39 is 0 Å². The molecule has 1 aliphatic heterocycles. The zero-order valence-corrected chi connectivity index (χ0v) is 21.3. The van der Waals surface area contributed by atoms with Crippen LogP contribution in [0.5, 0.6) is 11.5 Å². The molecule has 0 aromatic heterocycles. The third kappa shape index (κ3) is 7.15. The number of hydrogen-bond acceptors (Lipinski definition) is 4. The molecule has 1 aromatic carbocycles. The van der Waals surface area contributed by atoms with E-state index in [1.807, 2.05) is 30.0 Å². The van der Waals surface area contributed by atoms with Gasteiger partial charge in [-0.1, -0.05) is 18.9 Å². The Morgan fingerprint density at radius 2 is 1.97 bits per heavy atom. The number of halogens is 1. The Morgan fingerprint density at radius 3 is 2.65 bits per heavy atom. The van der Waals surface area contributed by atoms with Crippen LogP contribution in [0.1, 0.15) is 51.5 Å². The van der Waals surface area contributed by atoms with E-state index in [1.54, 1.807) is 7.11 Å². The first-order chi connectivity index (χ1) is 14.6. The largest absolute Gasteiger partial charge is 0.493 e. The van der Waals surface area contributed by atoms with Crippen molar-refractivity contribution in [3.8, 4) is 11.5 Å². The number of methoxy groups -OCH3 is 1. The molecule has 2 N–H and O–H groups in total. The van der Waals surface area contributed by atoms with Gasteiger partial charge in [-0.25, -0.2) is 4.99 Å². The Bertz CT molecular complexity index is 738. The number of ether oxygens (including phenoxy) is 2. The van der Waals surface area contributed by atoms with Crippen LogP contribution in [0.2, 0.25) is 0 Å². The monoisotopic (exact) mass is 544 g/mol. The van der Waals surface area contributed by atoms with Crippen LogP contribution >= 0.6 is 24.0 Å². The number of rotatable bonds is 8. The van der Waals surface area contributed by atoms with E-state index in [2.05, 4.69) is 17.6 Å². The van der Waals surface area contributed by atoms with Gasteiger partial charge in [0, 0.05) is 31.6 Å². The van der Waals surface area contributed by atoms with Crippen molar-refractivity contribution in [2.75, 3.05) is 33.4 Å². The zero-order valence-electron chi connectivity index (χ0n) is 19.0. The molecule has 1 atom stereocenters. The number of hydrogen-bond donors (Lipinski definition) is 2. The second-order valence-corrected chi connectivity index (χ2v) is 8.01. The van der Waals surface area contributed by atoms with Crippen LogP contribution in [-0.2, 0) is 11.3 Å². The third-order valence-corrected chi connectivity index (χ3v) is 5.84. The molecule has 1 unspecified atom stereocenters. The molecule has 1 saturated carbocycles. The van der Waals surface area contributed by atoms with Crippen molar-refractivity contribution in [2.24, 2.45) is 10.9 Å². The molecule has 31 heavy (non-hydrogen) atoms. The molecular formula is C23H37IN4O3. The Hall–Kier alpha value is -1.71. The van der Waals surface area contributed by atoms with E-state index in [0.717, 1.165) is 61.9 Å². The molecule has 1 amide bonds. The first-order valence-corrected chi connectivity index (χ1v) is 11.3. The number of nitrogens with one attached hydrogen (secondary N) is 2. The van der Waals surface area contributed by atoms with Gasteiger partial charge in [-0.2, -0.15) is 0 Å². The van der Waals surface area contributed by atoms with Gasteiger partial charge in [-0.05, 0) is 50.8 Å². The molecule has 0 spiro atoms. The number of benzene rings is 1. The Labute approximate surface area is 203 Å². The van der Waals surface area contributed by atoms with Crippen molar-refractivity contribution in [3.05, 3.63) is 23.8 Å². The second kappa shape index (κ2) is 13.0. The maximum absolute atomic E-state index is 12.7. The molecule has 0 bridgehead atoms. The minimum absolute atomic E-state index is 0. The lowest BCUT2D eigenvalue weighted by atomic mass is 10.1. The average molecular weight is 544 g/mol.